The number of carbonyl (C=O) groups excluding carboxylic acids is 1. The second-order valence-electron chi connectivity index (χ2n) is 5.04. The second-order valence-corrected chi connectivity index (χ2v) is 5.04. The maximum absolute atomic E-state index is 12.3. The Hall–Kier alpha value is -3.53. The van der Waals surface area contributed by atoms with Gasteiger partial charge in [0.15, 0.2) is 0 Å². The lowest BCUT2D eigenvalue weighted by molar-refractivity contribution is -0.394. The van der Waals surface area contributed by atoms with Gasteiger partial charge in [0.1, 0.15) is 17.9 Å². The highest BCUT2D eigenvalue weighted by Crippen LogP contribution is 2.26. The van der Waals surface area contributed by atoms with Crippen molar-refractivity contribution in [2.24, 2.45) is 0 Å². The molecule has 0 unspecified atom stereocenters. The van der Waals surface area contributed by atoms with E-state index in [4.69, 9.17) is 9.47 Å². The molecule has 0 bridgehead atoms. The number of nitro benzene ring substituents is 2. The zero-order valence-electron chi connectivity index (χ0n) is 13.7. The molecule has 0 aromatic heterocycles. The van der Waals surface area contributed by atoms with E-state index in [0.29, 0.717) is 24.7 Å². The Bertz CT molecular complexity index is 821. The van der Waals surface area contributed by atoms with Crippen molar-refractivity contribution in [2.75, 3.05) is 25.6 Å². The SMILES string of the molecule is COCCOc1ccc(NC(=O)c2ccc([N+](=O)[O-])cc2[N+](=O)[O-])cc1. The molecule has 0 aliphatic heterocycles. The van der Waals surface area contributed by atoms with Crippen molar-refractivity contribution < 1.29 is 24.1 Å². The number of hydrogen-bond donors (Lipinski definition) is 1. The Labute approximate surface area is 147 Å². The molecular formula is C16H15N3O7. The van der Waals surface area contributed by atoms with Crippen molar-refractivity contribution in [1.82, 2.24) is 0 Å². The molecule has 2 rings (SSSR count). The number of non-ortho nitro benzene ring substituents is 1. The highest BCUT2D eigenvalue weighted by atomic mass is 16.6. The van der Waals surface area contributed by atoms with Gasteiger partial charge in [-0.1, -0.05) is 0 Å². The topological polar surface area (TPSA) is 134 Å². The third kappa shape index (κ3) is 4.74. The average Bonchev–Trinajstić information content (AvgIpc) is 2.62. The lowest BCUT2D eigenvalue weighted by atomic mass is 10.1. The van der Waals surface area contributed by atoms with Crippen LogP contribution in [0.25, 0.3) is 0 Å². The largest absolute Gasteiger partial charge is 0.491 e. The van der Waals surface area contributed by atoms with Gasteiger partial charge in [0.05, 0.1) is 22.5 Å². The zero-order chi connectivity index (χ0) is 19.1. The van der Waals surface area contributed by atoms with Crippen LogP contribution in [0.1, 0.15) is 10.4 Å². The first-order valence-corrected chi connectivity index (χ1v) is 7.38. The molecule has 0 atom stereocenters. The van der Waals surface area contributed by atoms with Crippen LogP contribution in [0, 0.1) is 20.2 Å². The number of nitrogens with zero attached hydrogens (tertiary/aromatic N) is 2. The smallest absolute Gasteiger partial charge is 0.289 e. The van der Waals surface area contributed by atoms with E-state index in [1.807, 2.05) is 0 Å². The van der Waals surface area contributed by atoms with E-state index in [1.165, 1.54) is 0 Å². The number of methoxy groups -OCH3 is 1. The Morgan fingerprint density at radius 3 is 2.31 bits per heavy atom. The fourth-order valence-corrected chi connectivity index (χ4v) is 2.05. The number of ether oxygens (including phenoxy) is 2. The van der Waals surface area contributed by atoms with Gasteiger partial charge in [0.25, 0.3) is 17.3 Å². The van der Waals surface area contributed by atoms with Crippen LogP contribution < -0.4 is 10.1 Å². The number of anilines is 1. The summed E-state index contributed by atoms with van der Waals surface area (Å²) in [5, 5.41) is 24.3. The molecule has 136 valence electrons. The first-order chi connectivity index (χ1) is 12.4. The maximum atomic E-state index is 12.3. The monoisotopic (exact) mass is 361 g/mol. The summed E-state index contributed by atoms with van der Waals surface area (Å²) >= 11 is 0. The molecule has 0 fully saturated rings. The molecule has 10 nitrogen and oxygen atoms in total. The summed E-state index contributed by atoms with van der Waals surface area (Å²) in [5.41, 5.74) is -0.996. The van der Waals surface area contributed by atoms with Gasteiger partial charge in [0.2, 0.25) is 0 Å². The third-order valence-corrected chi connectivity index (χ3v) is 3.30. The summed E-state index contributed by atoms with van der Waals surface area (Å²) in [6.45, 7) is 0.805. The highest BCUT2D eigenvalue weighted by Gasteiger charge is 2.24. The molecule has 0 aliphatic carbocycles. The molecule has 26 heavy (non-hydrogen) atoms. The standard InChI is InChI=1S/C16H15N3O7/c1-25-8-9-26-13-5-2-11(3-6-13)17-16(20)14-7-4-12(18(21)22)10-15(14)19(23)24/h2-7,10H,8-9H2,1H3,(H,17,20). The number of nitro groups is 2. The van der Waals surface area contributed by atoms with E-state index in [1.54, 1.807) is 31.4 Å². The maximum Gasteiger partial charge on any atom is 0.289 e. The van der Waals surface area contributed by atoms with Crippen molar-refractivity contribution in [3.8, 4) is 5.75 Å². The predicted octanol–water partition coefficient (Wildman–Crippen LogP) is 2.78. The predicted molar refractivity (Wildman–Crippen MR) is 91.5 cm³/mol. The van der Waals surface area contributed by atoms with Gasteiger partial charge in [-0.2, -0.15) is 0 Å². The van der Waals surface area contributed by atoms with Crippen LogP contribution in [-0.4, -0.2) is 36.1 Å². The molecule has 2 aromatic rings. The minimum atomic E-state index is -0.839. The van der Waals surface area contributed by atoms with Gasteiger partial charge in [-0.3, -0.25) is 25.0 Å². The van der Waals surface area contributed by atoms with Gasteiger partial charge >= 0.3 is 0 Å². The molecular weight excluding hydrogens is 346 g/mol. The van der Waals surface area contributed by atoms with Crippen LogP contribution in [0.2, 0.25) is 0 Å². The van der Waals surface area contributed by atoms with Crippen molar-refractivity contribution in [2.45, 2.75) is 0 Å². The van der Waals surface area contributed by atoms with Crippen LogP contribution in [0.5, 0.6) is 5.75 Å². The molecule has 0 heterocycles. The van der Waals surface area contributed by atoms with Gasteiger partial charge < -0.3 is 14.8 Å². The number of benzene rings is 2. The summed E-state index contributed by atoms with van der Waals surface area (Å²) in [6, 6.07) is 9.21. The minimum absolute atomic E-state index is 0.277. The summed E-state index contributed by atoms with van der Waals surface area (Å²) in [6.07, 6.45) is 0. The van der Waals surface area contributed by atoms with Crippen molar-refractivity contribution >= 4 is 23.0 Å². The fraction of sp³-hybridized carbons (Fsp3) is 0.188. The van der Waals surface area contributed by atoms with Crippen molar-refractivity contribution in [3.63, 3.8) is 0 Å². The Morgan fingerprint density at radius 2 is 1.73 bits per heavy atom. The fourth-order valence-electron chi connectivity index (χ4n) is 2.05. The number of rotatable bonds is 8. The third-order valence-electron chi connectivity index (χ3n) is 3.30. The van der Waals surface area contributed by atoms with Crippen LogP contribution in [0.15, 0.2) is 42.5 Å². The first-order valence-electron chi connectivity index (χ1n) is 7.38. The number of nitrogens with one attached hydrogen (secondary N) is 1. The summed E-state index contributed by atoms with van der Waals surface area (Å²) < 4.78 is 10.2. The lowest BCUT2D eigenvalue weighted by Gasteiger charge is -2.08. The second kappa shape index (κ2) is 8.53. The lowest BCUT2D eigenvalue weighted by Crippen LogP contribution is -2.14. The van der Waals surface area contributed by atoms with Crippen molar-refractivity contribution in [1.29, 1.82) is 0 Å². The molecule has 0 saturated carbocycles. The number of carbonyl (C=O) groups is 1. The van der Waals surface area contributed by atoms with Crippen LogP contribution in [0.3, 0.4) is 0 Å². The molecule has 1 amide bonds. The van der Waals surface area contributed by atoms with E-state index < -0.39 is 27.1 Å². The van der Waals surface area contributed by atoms with Gasteiger partial charge in [-0.25, -0.2) is 0 Å². The minimum Gasteiger partial charge on any atom is -0.491 e. The first kappa shape index (κ1) is 18.8. The molecule has 0 radical (unpaired) electrons. The van der Waals surface area contributed by atoms with Crippen LogP contribution in [0.4, 0.5) is 17.1 Å². The number of amides is 1. The zero-order valence-corrected chi connectivity index (χ0v) is 13.7. The summed E-state index contributed by atoms with van der Waals surface area (Å²) in [5.74, 6) is -0.180. The molecule has 2 aromatic carbocycles. The normalized spacial score (nSPS) is 10.2. The Morgan fingerprint density at radius 1 is 1.04 bits per heavy atom. The number of hydrogen-bond acceptors (Lipinski definition) is 7. The average molecular weight is 361 g/mol. The van der Waals surface area contributed by atoms with E-state index in [9.17, 15) is 25.0 Å². The van der Waals surface area contributed by atoms with Gasteiger partial charge in [-0.05, 0) is 30.3 Å². The van der Waals surface area contributed by atoms with E-state index in [0.717, 1.165) is 18.2 Å². The molecule has 10 heteroatoms. The molecule has 1 N–H and O–H groups in total. The van der Waals surface area contributed by atoms with E-state index in [2.05, 4.69) is 5.32 Å². The van der Waals surface area contributed by atoms with E-state index >= 15 is 0 Å². The van der Waals surface area contributed by atoms with Gasteiger partial charge in [-0.15, -0.1) is 0 Å². The quantitative estimate of drug-likeness (QED) is 0.434. The van der Waals surface area contributed by atoms with E-state index in [-0.39, 0.29) is 5.56 Å². The van der Waals surface area contributed by atoms with Crippen LogP contribution in [-0.2, 0) is 4.74 Å². The summed E-state index contributed by atoms with van der Waals surface area (Å²) in [7, 11) is 1.55. The summed E-state index contributed by atoms with van der Waals surface area (Å²) in [4.78, 5) is 32.5. The Balaban J connectivity index is 2.14. The molecule has 0 saturated heterocycles. The molecule has 0 spiro atoms. The van der Waals surface area contributed by atoms with Crippen molar-refractivity contribution in [3.05, 3.63) is 68.3 Å². The highest BCUT2D eigenvalue weighted by molar-refractivity contribution is 6.07. The Kier molecular flexibility index (Phi) is 6.17. The van der Waals surface area contributed by atoms with Crippen LogP contribution >= 0.6 is 0 Å². The van der Waals surface area contributed by atoms with Gasteiger partial charge in [0, 0.05) is 18.9 Å². The molecule has 0 aliphatic rings.